The van der Waals surface area contributed by atoms with Gasteiger partial charge in [-0.1, -0.05) is 23.8 Å². The SMILES string of the molecule is Cc1ccc(CN2CCCC(CNC(=O)C3CCCN3)C2)c(C)c1. The van der Waals surface area contributed by atoms with Gasteiger partial charge < -0.3 is 10.6 Å². The van der Waals surface area contributed by atoms with Crippen molar-refractivity contribution >= 4 is 5.91 Å². The molecule has 0 saturated carbocycles. The summed E-state index contributed by atoms with van der Waals surface area (Å²) in [4.78, 5) is 14.7. The van der Waals surface area contributed by atoms with Crippen molar-refractivity contribution in [3.05, 3.63) is 34.9 Å². The molecule has 24 heavy (non-hydrogen) atoms. The molecule has 4 nitrogen and oxygen atoms in total. The average Bonchev–Trinajstić information content (AvgIpc) is 3.10. The number of nitrogens with zero attached hydrogens (tertiary/aromatic N) is 1. The molecule has 2 heterocycles. The average molecular weight is 329 g/mol. The number of piperidine rings is 1. The predicted molar refractivity (Wildman–Crippen MR) is 98.0 cm³/mol. The Bertz CT molecular complexity index is 566. The Morgan fingerprint density at radius 3 is 2.92 bits per heavy atom. The number of likely N-dealkylation sites (tertiary alicyclic amines) is 1. The number of carbonyl (C=O) groups excluding carboxylic acids is 1. The highest BCUT2D eigenvalue weighted by atomic mass is 16.2. The molecule has 2 fully saturated rings. The van der Waals surface area contributed by atoms with Crippen molar-refractivity contribution in [3.8, 4) is 0 Å². The Kier molecular flexibility index (Phi) is 5.90. The number of amides is 1. The summed E-state index contributed by atoms with van der Waals surface area (Å²) in [7, 11) is 0. The molecule has 1 amide bonds. The molecule has 1 aromatic carbocycles. The number of hydrogen-bond donors (Lipinski definition) is 2. The molecule has 0 aliphatic carbocycles. The second kappa shape index (κ2) is 8.13. The molecule has 2 atom stereocenters. The number of carbonyl (C=O) groups is 1. The molecule has 3 rings (SSSR count). The number of benzene rings is 1. The van der Waals surface area contributed by atoms with Gasteiger partial charge in [-0.15, -0.1) is 0 Å². The van der Waals surface area contributed by atoms with E-state index in [9.17, 15) is 4.79 Å². The lowest BCUT2D eigenvalue weighted by Crippen LogP contribution is -2.45. The van der Waals surface area contributed by atoms with Gasteiger partial charge in [0.2, 0.25) is 5.91 Å². The van der Waals surface area contributed by atoms with Gasteiger partial charge in [0.25, 0.3) is 0 Å². The van der Waals surface area contributed by atoms with Gasteiger partial charge in [0.15, 0.2) is 0 Å². The maximum Gasteiger partial charge on any atom is 0.237 e. The summed E-state index contributed by atoms with van der Waals surface area (Å²) in [5.41, 5.74) is 4.15. The topological polar surface area (TPSA) is 44.4 Å². The fraction of sp³-hybridized carbons (Fsp3) is 0.650. The smallest absolute Gasteiger partial charge is 0.237 e. The van der Waals surface area contributed by atoms with Gasteiger partial charge in [0, 0.05) is 19.6 Å². The van der Waals surface area contributed by atoms with E-state index in [0.717, 1.165) is 39.0 Å². The Balaban J connectivity index is 1.48. The lowest BCUT2D eigenvalue weighted by Gasteiger charge is -2.33. The van der Waals surface area contributed by atoms with Crippen LogP contribution < -0.4 is 10.6 Å². The van der Waals surface area contributed by atoms with Crippen LogP contribution in [0.1, 0.15) is 42.4 Å². The summed E-state index contributed by atoms with van der Waals surface area (Å²) in [6, 6.07) is 6.78. The first kappa shape index (κ1) is 17.4. The van der Waals surface area contributed by atoms with E-state index < -0.39 is 0 Å². The first-order valence-corrected chi connectivity index (χ1v) is 9.41. The molecule has 2 N–H and O–H groups in total. The van der Waals surface area contributed by atoms with Crippen LogP contribution >= 0.6 is 0 Å². The number of nitrogens with one attached hydrogen (secondary N) is 2. The second-order valence-electron chi connectivity index (χ2n) is 7.57. The van der Waals surface area contributed by atoms with Crippen molar-refractivity contribution in [2.24, 2.45) is 5.92 Å². The van der Waals surface area contributed by atoms with Crippen LogP contribution in [0.15, 0.2) is 18.2 Å². The summed E-state index contributed by atoms with van der Waals surface area (Å²) in [6.07, 6.45) is 4.55. The van der Waals surface area contributed by atoms with E-state index in [2.05, 4.69) is 47.6 Å². The zero-order valence-corrected chi connectivity index (χ0v) is 15.1. The minimum Gasteiger partial charge on any atom is -0.354 e. The zero-order valence-electron chi connectivity index (χ0n) is 15.1. The molecule has 0 radical (unpaired) electrons. The minimum absolute atomic E-state index is 0.0416. The third-order valence-electron chi connectivity index (χ3n) is 5.44. The number of rotatable bonds is 5. The van der Waals surface area contributed by atoms with Crippen molar-refractivity contribution in [1.82, 2.24) is 15.5 Å². The molecule has 2 saturated heterocycles. The third kappa shape index (κ3) is 4.58. The molecule has 2 aliphatic rings. The Hall–Kier alpha value is -1.39. The Morgan fingerprint density at radius 1 is 1.29 bits per heavy atom. The maximum absolute atomic E-state index is 12.1. The van der Waals surface area contributed by atoms with Crippen molar-refractivity contribution in [1.29, 1.82) is 0 Å². The molecule has 2 unspecified atom stereocenters. The first-order valence-electron chi connectivity index (χ1n) is 9.41. The van der Waals surface area contributed by atoms with E-state index in [1.807, 2.05) is 0 Å². The molecule has 1 aromatic rings. The molecule has 0 aromatic heterocycles. The highest BCUT2D eigenvalue weighted by molar-refractivity contribution is 5.81. The molecular weight excluding hydrogens is 298 g/mol. The third-order valence-corrected chi connectivity index (χ3v) is 5.44. The second-order valence-corrected chi connectivity index (χ2v) is 7.57. The predicted octanol–water partition coefficient (Wildman–Crippen LogP) is 2.38. The normalized spacial score (nSPS) is 24.9. The molecule has 2 aliphatic heterocycles. The van der Waals surface area contributed by atoms with Gasteiger partial charge in [-0.05, 0) is 69.7 Å². The van der Waals surface area contributed by atoms with Gasteiger partial charge in [-0.3, -0.25) is 9.69 Å². The fourth-order valence-corrected chi connectivity index (χ4v) is 4.00. The van der Waals surface area contributed by atoms with Crippen LogP contribution in [0.4, 0.5) is 0 Å². The van der Waals surface area contributed by atoms with Gasteiger partial charge in [0.05, 0.1) is 6.04 Å². The van der Waals surface area contributed by atoms with Gasteiger partial charge in [-0.25, -0.2) is 0 Å². The number of aryl methyl sites for hydroxylation is 2. The zero-order chi connectivity index (χ0) is 16.9. The number of hydrogen-bond acceptors (Lipinski definition) is 3. The highest BCUT2D eigenvalue weighted by Gasteiger charge is 2.24. The lowest BCUT2D eigenvalue weighted by atomic mass is 9.96. The largest absolute Gasteiger partial charge is 0.354 e. The van der Waals surface area contributed by atoms with Crippen LogP contribution in [0, 0.1) is 19.8 Å². The summed E-state index contributed by atoms with van der Waals surface area (Å²) in [5, 5.41) is 6.44. The van der Waals surface area contributed by atoms with E-state index >= 15 is 0 Å². The Morgan fingerprint density at radius 2 is 2.17 bits per heavy atom. The van der Waals surface area contributed by atoms with Crippen LogP contribution in [-0.2, 0) is 11.3 Å². The van der Waals surface area contributed by atoms with E-state index in [4.69, 9.17) is 0 Å². The molecule has 4 heteroatoms. The van der Waals surface area contributed by atoms with Crippen LogP contribution in [0.2, 0.25) is 0 Å². The maximum atomic E-state index is 12.1. The van der Waals surface area contributed by atoms with Crippen LogP contribution in [0.3, 0.4) is 0 Å². The minimum atomic E-state index is 0.0416. The quantitative estimate of drug-likeness (QED) is 0.872. The van der Waals surface area contributed by atoms with Gasteiger partial charge >= 0.3 is 0 Å². The Labute approximate surface area is 146 Å². The molecular formula is C20H31N3O. The summed E-state index contributed by atoms with van der Waals surface area (Å²) < 4.78 is 0. The van der Waals surface area contributed by atoms with Gasteiger partial charge in [0.1, 0.15) is 0 Å². The van der Waals surface area contributed by atoms with Crippen molar-refractivity contribution in [2.45, 2.75) is 52.1 Å². The van der Waals surface area contributed by atoms with Crippen molar-refractivity contribution in [3.63, 3.8) is 0 Å². The van der Waals surface area contributed by atoms with E-state index in [1.54, 1.807) is 0 Å². The van der Waals surface area contributed by atoms with E-state index in [0.29, 0.717) is 5.92 Å². The van der Waals surface area contributed by atoms with E-state index in [1.165, 1.54) is 36.1 Å². The van der Waals surface area contributed by atoms with E-state index in [-0.39, 0.29) is 11.9 Å². The fourth-order valence-electron chi connectivity index (χ4n) is 4.00. The molecule has 0 spiro atoms. The molecule has 0 bridgehead atoms. The van der Waals surface area contributed by atoms with Crippen molar-refractivity contribution < 1.29 is 4.79 Å². The lowest BCUT2D eigenvalue weighted by molar-refractivity contribution is -0.123. The summed E-state index contributed by atoms with van der Waals surface area (Å²) in [5.74, 6) is 0.772. The van der Waals surface area contributed by atoms with Crippen LogP contribution in [0.5, 0.6) is 0 Å². The monoisotopic (exact) mass is 329 g/mol. The summed E-state index contributed by atoms with van der Waals surface area (Å²) >= 11 is 0. The summed E-state index contributed by atoms with van der Waals surface area (Å²) in [6.45, 7) is 9.44. The van der Waals surface area contributed by atoms with Gasteiger partial charge in [-0.2, -0.15) is 0 Å². The first-order chi connectivity index (χ1) is 11.6. The van der Waals surface area contributed by atoms with Crippen LogP contribution in [-0.4, -0.2) is 43.0 Å². The molecule has 132 valence electrons. The highest BCUT2D eigenvalue weighted by Crippen LogP contribution is 2.20. The standard InChI is InChI=1S/C20H31N3O/c1-15-7-8-18(16(2)11-15)14-23-10-4-5-17(13-23)12-22-20(24)19-6-3-9-21-19/h7-8,11,17,19,21H,3-6,9-10,12-14H2,1-2H3,(H,22,24). The van der Waals surface area contributed by atoms with Crippen LogP contribution in [0.25, 0.3) is 0 Å². The van der Waals surface area contributed by atoms with Crippen molar-refractivity contribution in [2.75, 3.05) is 26.2 Å².